The molecule has 0 radical (unpaired) electrons. The highest BCUT2D eigenvalue weighted by molar-refractivity contribution is 5.80. The number of rotatable bonds is 4. The molecule has 1 aliphatic heterocycles. The average molecular weight is 333 g/mol. The van der Waals surface area contributed by atoms with Gasteiger partial charge in [-0.3, -0.25) is 0 Å². The van der Waals surface area contributed by atoms with Crippen molar-refractivity contribution in [1.29, 1.82) is 0 Å². The molecule has 2 aromatic carbocycles. The third kappa shape index (κ3) is 3.25. The second kappa shape index (κ2) is 7.01. The van der Waals surface area contributed by atoms with Crippen LogP contribution in [0, 0.1) is 0 Å². The third-order valence-corrected chi connectivity index (χ3v) is 4.69. The number of fused-ring (bicyclic) bond motifs is 1. The Morgan fingerprint density at radius 2 is 1.56 bits per heavy atom. The van der Waals surface area contributed by atoms with Gasteiger partial charge in [0, 0.05) is 31.6 Å². The van der Waals surface area contributed by atoms with Gasteiger partial charge in [0.1, 0.15) is 11.6 Å². The molecular weight excluding hydrogens is 310 g/mol. The van der Waals surface area contributed by atoms with E-state index in [1.807, 2.05) is 19.1 Å². The van der Waals surface area contributed by atoms with Crippen molar-refractivity contribution in [3.63, 3.8) is 0 Å². The van der Waals surface area contributed by atoms with E-state index in [-0.39, 0.29) is 0 Å². The van der Waals surface area contributed by atoms with Crippen molar-refractivity contribution in [2.45, 2.75) is 6.92 Å². The summed E-state index contributed by atoms with van der Waals surface area (Å²) in [6.45, 7) is 6.59. The van der Waals surface area contributed by atoms with Crippen molar-refractivity contribution in [3.8, 4) is 5.75 Å². The van der Waals surface area contributed by atoms with Gasteiger partial charge < -0.3 is 14.5 Å². The molecule has 2 heterocycles. The summed E-state index contributed by atoms with van der Waals surface area (Å²) in [7, 11) is 0. The fourth-order valence-corrected chi connectivity index (χ4v) is 3.40. The lowest BCUT2D eigenvalue weighted by molar-refractivity contribution is 0.340. The number of benzene rings is 2. The lowest BCUT2D eigenvalue weighted by Gasteiger charge is -2.37. The van der Waals surface area contributed by atoms with Gasteiger partial charge in [-0.1, -0.05) is 30.3 Å². The van der Waals surface area contributed by atoms with Crippen LogP contribution >= 0.6 is 0 Å². The number of pyridine rings is 1. The highest BCUT2D eigenvalue weighted by Gasteiger charge is 2.20. The second-order valence-corrected chi connectivity index (χ2v) is 6.24. The van der Waals surface area contributed by atoms with Crippen molar-refractivity contribution in [3.05, 3.63) is 60.7 Å². The molecule has 4 rings (SSSR count). The summed E-state index contributed by atoms with van der Waals surface area (Å²) in [6, 6.07) is 20.9. The molecule has 4 nitrogen and oxygen atoms in total. The lowest BCUT2D eigenvalue weighted by Crippen LogP contribution is -2.47. The number of hydrogen-bond acceptors (Lipinski definition) is 4. The smallest absolute Gasteiger partial charge is 0.142 e. The van der Waals surface area contributed by atoms with E-state index in [4.69, 9.17) is 9.72 Å². The predicted molar refractivity (Wildman–Crippen MR) is 104 cm³/mol. The van der Waals surface area contributed by atoms with Crippen LogP contribution in [0.4, 0.5) is 11.5 Å². The van der Waals surface area contributed by atoms with E-state index in [2.05, 4.69) is 58.3 Å². The second-order valence-electron chi connectivity index (χ2n) is 6.24. The van der Waals surface area contributed by atoms with Gasteiger partial charge in [0.25, 0.3) is 0 Å². The van der Waals surface area contributed by atoms with E-state index < -0.39 is 0 Å². The van der Waals surface area contributed by atoms with Gasteiger partial charge in [0.05, 0.1) is 17.8 Å². The first-order valence-corrected chi connectivity index (χ1v) is 8.92. The highest BCUT2D eigenvalue weighted by Crippen LogP contribution is 2.29. The number of piperazine rings is 1. The quantitative estimate of drug-likeness (QED) is 0.722. The molecule has 0 atom stereocenters. The van der Waals surface area contributed by atoms with Crippen LogP contribution in [0.5, 0.6) is 5.75 Å². The van der Waals surface area contributed by atoms with Gasteiger partial charge >= 0.3 is 0 Å². The molecule has 1 saturated heterocycles. The molecule has 1 aromatic heterocycles. The first-order valence-electron chi connectivity index (χ1n) is 8.92. The fourth-order valence-electron chi connectivity index (χ4n) is 3.40. The summed E-state index contributed by atoms with van der Waals surface area (Å²) in [5.74, 6) is 2.04. The van der Waals surface area contributed by atoms with Crippen LogP contribution in [-0.4, -0.2) is 37.8 Å². The molecule has 25 heavy (non-hydrogen) atoms. The normalized spacial score (nSPS) is 14.8. The van der Waals surface area contributed by atoms with Crippen LogP contribution in [0.3, 0.4) is 0 Å². The first kappa shape index (κ1) is 15.8. The Morgan fingerprint density at radius 3 is 2.40 bits per heavy atom. The number of hydrogen-bond donors (Lipinski definition) is 0. The maximum Gasteiger partial charge on any atom is 0.142 e. The average Bonchev–Trinajstić information content (AvgIpc) is 2.68. The SMILES string of the molecule is CCOc1ccccc1N1CCN(c2ccc3ccccc3n2)CC1. The predicted octanol–water partition coefficient (Wildman–Crippen LogP) is 3.96. The van der Waals surface area contributed by atoms with Gasteiger partial charge in [-0.25, -0.2) is 4.98 Å². The van der Waals surface area contributed by atoms with Crippen molar-refractivity contribution in [2.24, 2.45) is 0 Å². The molecule has 0 saturated carbocycles. The first-order chi connectivity index (χ1) is 12.3. The molecule has 0 aliphatic carbocycles. The van der Waals surface area contributed by atoms with Crippen LogP contribution in [0.15, 0.2) is 60.7 Å². The monoisotopic (exact) mass is 333 g/mol. The molecule has 3 aromatic rings. The van der Waals surface area contributed by atoms with E-state index in [0.717, 1.165) is 43.3 Å². The summed E-state index contributed by atoms with van der Waals surface area (Å²) in [6.07, 6.45) is 0. The van der Waals surface area contributed by atoms with Crippen molar-refractivity contribution >= 4 is 22.4 Å². The van der Waals surface area contributed by atoms with Crippen LogP contribution < -0.4 is 14.5 Å². The molecule has 0 unspecified atom stereocenters. The Bertz CT molecular complexity index is 856. The molecule has 1 fully saturated rings. The van der Waals surface area contributed by atoms with E-state index in [9.17, 15) is 0 Å². The zero-order chi connectivity index (χ0) is 17.1. The molecule has 128 valence electrons. The number of anilines is 2. The zero-order valence-corrected chi connectivity index (χ0v) is 14.6. The van der Waals surface area contributed by atoms with E-state index >= 15 is 0 Å². The molecule has 1 aliphatic rings. The Balaban J connectivity index is 1.49. The molecule has 0 bridgehead atoms. The van der Waals surface area contributed by atoms with Crippen LogP contribution in [0.2, 0.25) is 0 Å². The summed E-state index contributed by atoms with van der Waals surface area (Å²) in [5.41, 5.74) is 2.25. The van der Waals surface area contributed by atoms with E-state index in [0.29, 0.717) is 6.61 Å². The third-order valence-electron chi connectivity index (χ3n) is 4.69. The summed E-state index contributed by atoms with van der Waals surface area (Å²) in [5, 5.41) is 1.19. The van der Waals surface area contributed by atoms with Crippen molar-refractivity contribution < 1.29 is 4.74 Å². The minimum absolute atomic E-state index is 0.692. The van der Waals surface area contributed by atoms with E-state index in [1.54, 1.807) is 0 Å². The van der Waals surface area contributed by atoms with Crippen molar-refractivity contribution in [2.75, 3.05) is 42.6 Å². The largest absolute Gasteiger partial charge is 0.492 e. The van der Waals surface area contributed by atoms with E-state index in [1.165, 1.54) is 11.1 Å². The molecule has 4 heteroatoms. The minimum atomic E-state index is 0.692. The maximum atomic E-state index is 5.78. The summed E-state index contributed by atoms with van der Waals surface area (Å²) >= 11 is 0. The van der Waals surface area contributed by atoms with Crippen LogP contribution in [-0.2, 0) is 0 Å². The van der Waals surface area contributed by atoms with Crippen LogP contribution in [0.1, 0.15) is 6.92 Å². The Labute approximate surface area is 148 Å². The van der Waals surface area contributed by atoms with Crippen LogP contribution in [0.25, 0.3) is 10.9 Å². The Kier molecular flexibility index (Phi) is 4.42. The van der Waals surface area contributed by atoms with Crippen molar-refractivity contribution in [1.82, 2.24) is 4.98 Å². The van der Waals surface area contributed by atoms with Gasteiger partial charge in [0.2, 0.25) is 0 Å². The van der Waals surface area contributed by atoms with Gasteiger partial charge in [0.15, 0.2) is 0 Å². The number of aromatic nitrogens is 1. The van der Waals surface area contributed by atoms with Gasteiger partial charge in [-0.05, 0) is 37.3 Å². The Morgan fingerprint density at radius 1 is 0.840 bits per heavy atom. The highest BCUT2D eigenvalue weighted by atomic mass is 16.5. The van der Waals surface area contributed by atoms with Gasteiger partial charge in [-0.15, -0.1) is 0 Å². The number of nitrogens with zero attached hydrogens (tertiary/aromatic N) is 3. The fraction of sp³-hybridized carbons (Fsp3) is 0.286. The standard InChI is InChI=1S/C21H23N3O/c1-2-25-20-10-6-5-9-19(20)23-13-15-24(16-14-23)21-12-11-17-7-3-4-8-18(17)22-21/h3-12H,2,13-16H2,1H3. The number of para-hydroxylation sites is 3. The lowest BCUT2D eigenvalue weighted by atomic mass is 10.2. The summed E-state index contributed by atoms with van der Waals surface area (Å²) in [4.78, 5) is 9.60. The molecule has 0 amide bonds. The number of ether oxygens (including phenoxy) is 1. The minimum Gasteiger partial charge on any atom is -0.492 e. The summed E-state index contributed by atoms with van der Waals surface area (Å²) < 4.78 is 5.78. The topological polar surface area (TPSA) is 28.6 Å². The maximum absolute atomic E-state index is 5.78. The molecular formula is C21H23N3O. The Hall–Kier alpha value is -2.75. The van der Waals surface area contributed by atoms with Gasteiger partial charge in [-0.2, -0.15) is 0 Å². The zero-order valence-electron chi connectivity index (χ0n) is 14.6. The molecule has 0 N–H and O–H groups in total. The molecule has 0 spiro atoms.